The maximum Gasteiger partial charge on any atom is 0.401 e. The van der Waals surface area contributed by atoms with E-state index in [9.17, 15) is 18.0 Å². The Morgan fingerprint density at radius 3 is 2.64 bits per heavy atom. The average Bonchev–Trinajstić information content (AvgIpc) is 2.89. The van der Waals surface area contributed by atoms with E-state index in [1.54, 1.807) is 0 Å². The smallest absolute Gasteiger partial charge is 0.349 e. The first-order valence-electron chi connectivity index (χ1n) is 7.39. The van der Waals surface area contributed by atoms with Crippen LogP contribution in [0, 0.1) is 0 Å². The highest BCUT2D eigenvalue weighted by atomic mass is 19.4. The standard InChI is InChI=1S/C14H21F3N4O/c1-9(2)12-11(7-18-20-12)13(22)19-10-3-5-21(6-4-10)8-14(15,16)17/h7,9-10H,3-6,8H2,1-2H3,(H,18,20)(H,19,22). The highest BCUT2D eigenvalue weighted by Crippen LogP contribution is 2.20. The number of piperidine rings is 1. The number of aromatic amines is 1. The van der Waals surface area contributed by atoms with Gasteiger partial charge < -0.3 is 5.32 Å². The summed E-state index contributed by atoms with van der Waals surface area (Å²) < 4.78 is 37.0. The van der Waals surface area contributed by atoms with Crippen LogP contribution in [0.25, 0.3) is 0 Å². The van der Waals surface area contributed by atoms with Crippen molar-refractivity contribution in [2.45, 2.75) is 44.8 Å². The maximum atomic E-state index is 12.3. The van der Waals surface area contributed by atoms with Gasteiger partial charge in [-0.05, 0) is 18.8 Å². The number of hydrogen-bond donors (Lipinski definition) is 2. The van der Waals surface area contributed by atoms with Gasteiger partial charge in [-0.15, -0.1) is 0 Å². The summed E-state index contributed by atoms with van der Waals surface area (Å²) >= 11 is 0. The summed E-state index contributed by atoms with van der Waals surface area (Å²) in [6.07, 6.45) is -1.63. The normalized spacial score (nSPS) is 17.9. The summed E-state index contributed by atoms with van der Waals surface area (Å²) in [6.45, 7) is 3.71. The number of likely N-dealkylation sites (tertiary alicyclic amines) is 1. The Balaban J connectivity index is 1.85. The van der Waals surface area contributed by atoms with E-state index < -0.39 is 12.7 Å². The Kier molecular flexibility index (Phi) is 5.10. The first-order valence-corrected chi connectivity index (χ1v) is 7.39. The Labute approximate surface area is 127 Å². The first-order chi connectivity index (χ1) is 10.3. The van der Waals surface area contributed by atoms with Crippen LogP contribution in [0.5, 0.6) is 0 Å². The van der Waals surface area contributed by atoms with E-state index in [4.69, 9.17) is 0 Å². The number of carbonyl (C=O) groups excluding carboxylic acids is 1. The van der Waals surface area contributed by atoms with Gasteiger partial charge in [-0.1, -0.05) is 13.8 Å². The molecule has 124 valence electrons. The molecule has 1 saturated heterocycles. The third kappa shape index (κ3) is 4.46. The van der Waals surface area contributed by atoms with Gasteiger partial charge in [0.2, 0.25) is 0 Å². The van der Waals surface area contributed by atoms with Crippen LogP contribution in [-0.4, -0.2) is 52.9 Å². The van der Waals surface area contributed by atoms with Crippen molar-refractivity contribution in [3.05, 3.63) is 17.5 Å². The van der Waals surface area contributed by atoms with Gasteiger partial charge in [0.1, 0.15) is 0 Å². The first kappa shape index (κ1) is 16.8. The molecule has 0 aliphatic carbocycles. The summed E-state index contributed by atoms with van der Waals surface area (Å²) in [5.41, 5.74) is 1.28. The lowest BCUT2D eigenvalue weighted by molar-refractivity contribution is -0.148. The molecule has 8 heteroatoms. The van der Waals surface area contributed by atoms with Crippen LogP contribution in [0.3, 0.4) is 0 Å². The number of halogens is 3. The Morgan fingerprint density at radius 2 is 2.09 bits per heavy atom. The number of nitrogens with zero attached hydrogens (tertiary/aromatic N) is 2. The van der Waals surface area contributed by atoms with Gasteiger partial charge in [0.25, 0.3) is 5.91 Å². The molecule has 0 bridgehead atoms. The van der Waals surface area contributed by atoms with Crippen LogP contribution in [0.1, 0.15) is 48.7 Å². The molecule has 1 aliphatic rings. The van der Waals surface area contributed by atoms with Gasteiger partial charge >= 0.3 is 6.18 Å². The molecule has 2 heterocycles. The van der Waals surface area contributed by atoms with E-state index in [0.29, 0.717) is 31.5 Å². The van der Waals surface area contributed by atoms with E-state index in [1.165, 1.54) is 11.1 Å². The van der Waals surface area contributed by atoms with Gasteiger partial charge in [-0.25, -0.2) is 0 Å². The minimum atomic E-state index is -4.17. The van der Waals surface area contributed by atoms with Gasteiger partial charge in [0.05, 0.1) is 24.0 Å². The number of rotatable bonds is 4. The molecule has 0 radical (unpaired) electrons. The number of H-pyrrole nitrogens is 1. The van der Waals surface area contributed by atoms with E-state index in [-0.39, 0.29) is 17.9 Å². The largest absolute Gasteiger partial charge is 0.401 e. The van der Waals surface area contributed by atoms with Crippen molar-refractivity contribution >= 4 is 5.91 Å². The molecular formula is C14H21F3N4O. The topological polar surface area (TPSA) is 61.0 Å². The second-order valence-corrected chi connectivity index (χ2v) is 5.99. The van der Waals surface area contributed by atoms with Crippen molar-refractivity contribution < 1.29 is 18.0 Å². The number of hydrogen-bond acceptors (Lipinski definition) is 3. The lowest BCUT2D eigenvalue weighted by Gasteiger charge is -2.32. The van der Waals surface area contributed by atoms with Crippen molar-refractivity contribution in [3.8, 4) is 0 Å². The van der Waals surface area contributed by atoms with Crippen LogP contribution in [0.2, 0.25) is 0 Å². The summed E-state index contributed by atoms with van der Waals surface area (Å²) in [6, 6.07) is -0.0908. The zero-order chi connectivity index (χ0) is 16.3. The average molecular weight is 318 g/mol. The number of carbonyl (C=O) groups is 1. The molecule has 0 saturated carbocycles. The molecule has 22 heavy (non-hydrogen) atoms. The number of alkyl halides is 3. The molecule has 2 rings (SSSR count). The SMILES string of the molecule is CC(C)c1[nH]ncc1C(=O)NC1CCN(CC(F)(F)F)CC1. The van der Waals surface area contributed by atoms with Crippen LogP contribution >= 0.6 is 0 Å². The van der Waals surface area contributed by atoms with E-state index >= 15 is 0 Å². The van der Waals surface area contributed by atoms with Crippen molar-refractivity contribution in [3.63, 3.8) is 0 Å². The fraction of sp³-hybridized carbons (Fsp3) is 0.714. The van der Waals surface area contributed by atoms with Gasteiger partial charge in [0, 0.05) is 19.1 Å². The zero-order valence-corrected chi connectivity index (χ0v) is 12.7. The molecule has 1 fully saturated rings. The van der Waals surface area contributed by atoms with Crippen LogP contribution in [-0.2, 0) is 0 Å². The summed E-state index contributed by atoms with van der Waals surface area (Å²) in [5.74, 6) is -0.0661. The molecule has 0 unspecified atom stereocenters. The van der Waals surface area contributed by atoms with Crippen molar-refractivity contribution in [1.82, 2.24) is 20.4 Å². The second-order valence-electron chi connectivity index (χ2n) is 5.99. The molecule has 1 aromatic heterocycles. The van der Waals surface area contributed by atoms with Crippen molar-refractivity contribution in [2.75, 3.05) is 19.6 Å². The molecule has 2 N–H and O–H groups in total. The molecule has 1 amide bonds. The van der Waals surface area contributed by atoms with E-state index in [0.717, 1.165) is 5.69 Å². The van der Waals surface area contributed by atoms with E-state index in [1.807, 2.05) is 13.8 Å². The third-order valence-electron chi connectivity index (χ3n) is 3.82. The molecule has 1 aliphatic heterocycles. The van der Waals surface area contributed by atoms with Gasteiger partial charge in [-0.2, -0.15) is 18.3 Å². The monoisotopic (exact) mass is 318 g/mol. The summed E-state index contributed by atoms with van der Waals surface area (Å²) in [4.78, 5) is 13.6. The lowest BCUT2D eigenvalue weighted by atomic mass is 10.0. The van der Waals surface area contributed by atoms with Crippen molar-refractivity contribution in [1.29, 1.82) is 0 Å². The molecular weight excluding hydrogens is 297 g/mol. The summed E-state index contributed by atoms with van der Waals surface area (Å²) in [5, 5.41) is 9.60. The van der Waals surface area contributed by atoms with Crippen LogP contribution in [0.4, 0.5) is 13.2 Å². The fourth-order valence-corrected chi connectivity index (χ4v) is 2.67. The van der Waals surface area contributed by atoms with Crippen LogP contribution < -0.4 is 5.32 Å². The fourth-order valence-electron chi connectivity index (χ4n) is 2.67. The number of nitrogens with one attached hydrogen (secondary N) is 2. The predicted octanol–water partition coefficient (Wildman–Crippen LogP) is 2.29. The Hall–Kier alpha value is -1.57. The van der Waals surface area contributed by atoms with E-state index in [2.05, 4.69) is 15.5 Å². The highest BCUT2D eigenvalue weighted by Gasteiger charge is 2.33. The second kappa shape index (κ2) is 6.68. The van der Waals surface area contributed by atoms with Gasteiger partial charge in [-0.3, -0.25) is 14.8 Å². The molecule has 0 atom stereocenters. The Bertz CT molecular complexity index is 504. The van der Waals surface area contributed by atoms with Crippen molar-refractivity contribution in [2.24, 2.45) is 0 Å². The number of aromatic nitrogens is 2. The summed E-state index contributed by atoms with van der Waals surface area (Å²) in [7, 11) is 0. The molecule has 1 aromatic rings. The molecule has 5 nitrogen and oxygen atoms in total. The highest BCUT2D eigenvalue weighted by molar-refractivity contribution is 5.95. The number of amides is 1. The van der Waals surface area contributed by atoms with Crippen LogP contribution in [0.15, 0.2) is 6.20 Å². The third-order valence-corrected chi connectivity index (χ3v) is 3.82. The molecule has 0 spiro atoms. The van der Waals surface area contributed by atoms with Gasteiger partial charge in [0.15, 0.2) is 0 Å². The minimum absolute atomic E-state index is 0.0908. The quantitative estimate of drug-likeness (QED) is 0.895. The lowest BCUT2D eigenvalue weighted by Crippen LogP contribution is -2.47. The minimum Gasteiger partial charge on any atom is -0.349 e. The maximum absolute atomic E-state index is 12.3. The zero-order valence-electron chi connectivity index (χ0n) is 12.7. The molecule has 0 aromatic carbocycles. The predicted molar refractivity (Wildman–Crippen MR) is 75.7 cm³/mol. The Morgan fingerprint density at radius 1 is 1.45 bits per heavy atom.